The molecule has 0 unspecified atom stereocenters. The summed E-state index contributed by atoms with van der Waals surface area (Å²) in [5.41, 5.74) is 5.60. The van der Waals surface area contributed by atoms with E-state index in [2.05, 4.69) is 21.4 Å². The Morgan fingerprint density at radius 1 is 0.923 bits per heavy atom. The van der Waals surface area contributed by atoms with E-state index in [1.807, 2.05) is 47.0 Å². The summed E-state index contributed by atoms with van der Waals surface area (Å²) in [4.78, 5) is 8.32. The van der Waals surface area contributed by atoms with Crippen LogP contribution in [0.25, 0.3) is 38.4 Å². The molecule has 5 heteroatoms. The number of nitrogens with zero attached hydrogens (tertiary/aromatic N) is 5. The third-order valence-corrected chi connectivity index (χ3v) is 4.53. The van der Waals surface area contributed by atoms with Crippen LogP contribution >= 0.6 is 0 Å². The summed E-state index contributed by atoms with van der Waals surface area (Å²) in [6.45, 7) is 7.34. The fourth-order valence-electron chi connectivity index (χ4n) is 3.46. The van der Waals surface area contributed by atoms with Gasteiger partial charge in [0.1, 0.15) is 0 Å². The summed E-state index contributed by atoms with van der Waals surface area (Å²) in [6.07, 6.45) is 0. The molecule has 3 aromatic carbocycles. The van der Waals surface area contributed by atoms with E-state index in [-0.39, 0.29) is 0 Å². The van der Waals surface area contributed by atoms with Crippen molar-refractivity contribution in [3.8, 4) is 11.8 Å². The van der Waals surface area contributed by atoms with Crippen molar-refractivity contribution < 1.29 is 0 Å². The molecule has 2 heterocycles. The van der Waals surface area contributed by atoms with Gasteiger partial charge in [-0.15, -0.1) is 0 Å². The lowest BCUT2D eigenvalue weighted by Gasteiger charge is -2.06. The Bertz CT molecular complexity index is 1370. The van der Waals surface area contributed by atoms with Gasteiger partial charge in [0, 0.05) is 11.3 Å². The highest BCUT2D eigenvalue weighted by Gasteiger charge is 2.17. The fraction of sp³-hybridized carbons (Fsp3) is 0. The van der Waals surface area contributed by atoms with Crippen molar-refractivity contribution >= 4 is 33.5 Å². The standard InChI is InChI=1S/C21H11N5/c1-23-15-10-14(13-22)11-16(12-15)25-19-8-4-5-9-20(19)26-18-7-3-2-6-17(18)24-21(25)26/h2-12H. The zero-order chi connectivity index (χ0) is 17.7. The van der Waals surface area contributed by atoms with Crippen molar-refractivity contribution in [3.05, 3.63) is 83.7 Å². The SMILES string of the molecule is [C-]#[N+]c1cc(C#N)cc(-n2c3ccccc3n3c4ccccc4nc23)c1. The Hall–Kier alpha value is -4.09. The second-order valence-corrected chi connectivity index (χ2v) is 6.02. The molecule has 0 amide bonds. The maximum Gasteiger partial charge on any atom is 0.220 e. The van der Waals surface area contributed by atoms with Gasteiger partial charge < -0.3 is 0 Å². The van der Waals surface area contributed by atoms with Gasteiger partial charge in [-0.3, -0.25) is 8.97 Å². The van der Waals surface area contributed by atoms with Crippen molar-refractivity contribution in [2.24, 2.45) is 0 Å². The van der Waals surface area contributed by atoms with Gasteiger partial charge in [-0.1, -0.05) is 24.3 Å². The lowest BCUT2D eigenvalue weighted by Crippen LogP contribution is -1.95. The minimum Gasteiger partial charge on any atom is -0.279 e. The first-order valence-electron chi connectivity index (χ1n) is 8.10. The predicted octanol–water partition coefficient (Wildman–Crippen LogP) is 4.85. The van der Waals surface area contributed by atoms with Crippen molar-refractivity contribution in [2.75, 3.05) is 0 Å². The number of benzene rings is 3. The molecular formula is C21H11N5. The van der Waals surface area contributed by atoms with Crippen LogP contribution in [0.3, 0.4) is 0 Å². The molecule has 0 saturated carbocycles. The third-order valence-electron chi connectivity index (χ3n) is 4.53. The van der Waals surface area contributed by atoms with E-state index in [0.717, 1.165) is 33.5 Å². The first kappa shape index (κ1) is 14.3. The second kappa shape index (κ2) is 5.20. The van der Waals surface area contributed by atoms with Crippen LogP contribution < -0.4 is 0 Å². The summed E-state index contributed by atoms with van der Waals surface area (Å²) < 4.78 is 4.12. The maximum absolute atomic E-state index is 9.34. The Balaban J connectivity index is 2.00. The van der Waals surface area contributed by atoms with Crippen molar-refractivity contribution in [2.45, 2.75) is 0 Å². The fourth-order valence-corrected chi connectivity index (χ4v) is 3.46. The number of rotatable bonds is 1. The smallest absolute Gasteiger partial charge is 0.220 e. The van der Waals surface area contributed by atoms with Gasteiger partial charge in [0.05, 0.1) is 34.7 Å². The second-order valence-electron chi connectivity index (χ2n) is 6.02. The lowest BCUT2D eigenvalue weighted by molar-refractivity contribution is 1.11. The number of para-hydroxylation sites is 4. The highest BCUT2D eigenvalue weighted by Crippen LogP contribution is 2.30. The average molecular weight is 333 g/mol. The van der Waals surface area contributed by atoms with E-state index in [4.69, 9.17) is 11.6 Å². The monoisotopic (exact) mass is 333 g/mol. The van der Waals surface area contributed by atoms with Gasteiger partial charge in [0.2, 0.25) is 5.78 Å². The Labute approximate surface area is 148 Å². The van der Waals surface area contributed by atoms with Crippen LogP contribution in [-0.2, 0) is 0 Å². The summed E-state index contributed by atoms with van der Waals surface area (Å²) in [5, 5.41) is 9.34. The minimum absolute atomic E-state index is 0.436. The predicted molar refractivity (Wildman–Crippen MR) is 101 cm³/mol. The molecule has 0 N–H and O–H groups in total. The van der Waals surface area contributed by atoms with E-state index in [0.29, 0.717) is 11.3 Å². The topological polar surface area (TPSA) is 50.4 Å². The molecule has 0 fully saturated rings. The minimum atomic E-state index is 0.436. The lowest BCUT2D eigenvalue weighted by atomic mass is 10.2. The summed E-state index contributed by atoms with van der Waals surface area (Å²) in [7, 11) is 0. The molecule has 0 spiro atoms. The molecule has 0 radical (unpaired) electrons. The van der Waals surface area contributed by atoms with Gasteiger partial charge in [-0.05, 0) is 42.5 Å². The summed E-state index contributed by atoms with van der Waals surface area (Å²) in [6, 6.07) is 23.4. The third kappa shape index (κ3) is 1.86. The van der Waals surface area contributed by atoms with E-state index in [1.165, 1.54) is 0 Å². The number of nitriles is 1. The number of fused-ring (bicyclic) bond motifs is 5. The Morgan fingerprint density at radius 3 is 2.42 bits per heavy atom. The van der Waals surface area contributed by atoms with Crippen molar-refractivity contribution in [1.29, 1.82) is 5.26 Å². The van der Waals surface area contributed by atoms with Crippen LogP contribution in [0.2, 0.25) is 0 Å². The van der Waals surface area contributed by atoms with Gasteiger partial charge in [0.15, 0.2) is 5.69 Å². The van der Waals surface area contributed by atoms with Gasteiger partial charge in [0.25, 0.3) is 0 Å². The molecule has 5 aromatic rings. The number of imidazole rings is 2. The van der Waals surface area contributed by atoms with E-state index in [9.17, 15) is 5.26 Å². The Morgan fingerprint density at radius 2 is 1.65 bits per heavy atom. The van der Waals surface area contributed by atoms with Crippen molar-refractivity contribution in [3.63, 3.8) is 0 Å². The van der Waals surface area contributed by atoms with E-state index >= 15 is 0 Å². The van der Waals surface area contributed by atoms with Gasteiger partial charge in [-0.25, -0.2) is 9.83 Å². The quantitative estimate of drug-likeness (QED) is 0.412. The van der Waals surface area contributed by atoms with Crippen LogP contribution in [0.4, 0.5) is 5.69 Å². The first-order valence-corrected chi connectivity index (χ1v) is 8.10. The van der Waals surface area contributed by atoms with Crippen LogP contribution in [0.15, 0.2) is 66.7 Å². The van der Waals surface area contributed by atoms with E-state index in [1.54, 1.807) is 18.2 Å². The maximum atomic E-state index is 9.34. The normalized spacial score (nSPS) is 11.0. The average Bonchev–Trinajstić information content (AvgIpc) is 3.21. The Kier molecular flexibility index (Phi) is 2.86. The molecule has 0 aliphatic heterocycles. The first-order chi connectivity index (χ1) is 12.8. The van der Waals surface area contributed by atoms with Gasteiger partial charge in [-0.2, -0.15) is 5.26 Å². The highest BCUT2D eigenvalue weighted by molar-refractivity contribution is 5.92. The molecule has 0 atom stereocenters. The van der Waals surface area contributed by atoms with Gasteiger partial charge >= 0.3 is 0 Å². The zero-order valence-electron chi connectivity index (χ0n) is 13.6. The molecule has 5 rings (SSSR count). The molecule has 0 aliphatic rings. The van der Waals surface area contributed by atoms with Crippen LogP contribution in [0.1, 0.15) is 5.56 Å². The van der Waals surface area contributed by atoms with Crippen LogP contribution in [0.5, 0.6) is 0 Å². The largest absolute Gasteiger partial charge is 0.279 e. The van der Waals surface area contributed by atoms with Crippen LogP contribution in [-0.4, -0.2) is 14.0 Å². The molecular weight excluding hydrogens is 322 g/mol. The zero-order valence-corrected chi connectivity index (χ0v) is 13.6. The molecule has 2 aromatic heterocycles. The summed E-state index contributed by atoms with van der Waals surface area (Å²) >= 11 is 0. The van der Waals surface area contributed by atoms with E-state index < -0.39 is 0 Å². The number of hydrogen-bond acceptors (Lipinski definition) is 2. The van der Waals surface area contributed by atoms with Crippen LogP contribution in [0, 0.1) is 17.9 Å². The van der Waals surface area contributed by atoms with Crippen molar-refractivity contribution in [1.82, 2.24) is 14.0 Å². The molecule has 0 saturated heterocycles. The molecule has 120 valence electrons. The molecule has 5 nitrogen and oxygen atoms in total. The molecule has 0 bridgehead atoms. The highest BCUT2D eigenvalue weighted by atomic mass is 15.2. The summed E-state index contributed by atoms with van der Waals surface area (Å²) in [5.74, 6) is 0.762. The number of aromatic nitrogens is 3. The number of hydrogen-bond donors (Lipinski definition) is 0. The molecule has 26 heavy (non-hydrogen) atoms. The molecule has 0 aliphatic carbocycles.